The minimum Gasteiger partial charge on any atom is -0.376 e. The first-order chi connectivity index (χ1) is 18.4. The van der Waals surface area contributed by atoms with Gasteiger partial charge in [-0.15, -0.1) is 0 Å². The molecule has 3 amide bonds. The highest BCUT2D eigenvalue weighted by molar-refractivity contribution is 6.06. The van der Waals surface area contributed by atoms with Gasteiger partial charge in [0.1, 0.15) is 0 Å². The van der Waals surface area contributed by atoms with E-state index in [0.717, 1.165) is 11.3 Å². The fraction of sp³-hybridized carbons (Fsp3) is 0.129. The molecule has 0 saturated heterocycles. The molecule has 4 aromatic carbocycles. The van der Waals surface area contributed by atoms with Crippen molar-refractivity contribution in [1.29, 1.82) is 0 Å². The summed E-state index contributed by atoms with van der Waals surface area (Å²) in [6.45, 7) is 1.92. The number of hydrogen-bond donors (Lipinski definition) is 3. The van der Waals surface area contributed by atoms with Crippen LogP contribution in [0.25, 0.3) is 0 Å². The summed E-state index contributed by atoms with van der Waals surface area (Å²) in [6, 6.07) is 32.8. The number of amides is 3. The third-order valence-corrected chi connectivity index (χ3v) is 6.07. The summed E-state index contributed by atoms with van der Waals surface area (Å²) in [6.07, 6.45) is 0. The van der Waals surface area contributed by atoms with Crippen molar-refractivity contribution in [3.05, 3.63) is 126 Å². The molecule has 0 radical (unpaired) electrons. The fourth-order valence-electron chi connectivity index (χ4n) is 3.96. The van der Waals surface area contributed by atoms with Gasteiger partial charge in [-0.05, 0) is 61.0 Å². The van der Waals surface area contributed by atoms with E-state index in [-0.39, 0.29) is 30.3 Å². The lowest BCUT2D eigenvalue weighted by molar-refractivity contribution is -0.114. The molecule has 0 aliphatic heterocycles. The molecule has 0 spiro atoms. The van der Waals surface area contributed by atoms with E-state index < -0.39 is 0 Å². The van der Waals surface area contributed by atoms with E-state index in [0.29, 0.717) is 22.5 Å². The minimum absolute atomic E-state index is 0.00632. The normalized spacial score (nSPS) is 11.2. The molecule has 0 heterocycles. The Kier molecular flexibility index (Phi) is 8.51. The molecule has 192 valence electrons. The average Bonchev–Trinajstić information content (AvgIpc) is 2.96. The summed E-state index contributed by atoms with van der Waals surface area (Å²) in [5.74, 6) is -0.656. The van der Waals surface area contributed by atoms with Crippen LogP contribution in [0.15, 0.2) is 109 Å². The molecule has 0 fully saturated rings. The predicted molar refractivity (Wildman–Crippen MR) is 152 cm³/mol. The van der Waals surface area contributed by atoms with Crippen LogP contribution in [0.3, 0.4) is 0 Å². The van der Waals surface area contributed by atoms with Crippen molar-refractivity contribution in [2.24, 2.45) is 0 Å². The monoisotopic (exact) mass is 506 g/mol. The van der Waals surface area contributed by atoms with Gasteiger partial charge in [0.15, 0.2) is 0 Å². The molecule has 0 aromatic heterocycles. The second-order valence-electron chi connectivity index (χ2n) is 8.87. The molecule has 0 bridgehead atoms. The molecule has 1 atom stereocenters. The third-order valence-electron chi connectivity index (χ3n) is 6.07. The lowest BCUT2D eigenvalue weighted by atomic mass is 10.1. The van der Waals surface area contributed by atoms with Crippen LogP contribution in [0.2, 0.25) is 0 Å². The zero-order valence-corrected chi connectivity index (χ0v) is 21.3. The average molecular weight is 507 g/mol. The molecular weight excluding hydrogens is 476 g/mol. The maximum atomic E-state index is 12.9. The third kappa shape index (κ3) is 6.85. The highest BCUT2D eigenvalue weighted by Crippen LogP contribution is 2.18. The zero-order chi connectivity index (χ0) is 26.9. The molecule has 7 heteroatoms. The minimum atomic E-state index is -0.279. The van der Waals surface area contributed by atoms with Gasteiger partial charge in [0.2, 0.25) is 5.91 Å². The van der Waals surface area contributed by atoms with Gasteiger partial charge >= 0.3 is 0 Å². The highest BCUT2D eigenvalue weighted by atomic mass is 16.2. The summed E-state index contributed by atoms with van der Waals surface area (Å²) in [5, 5.41) is 8.85. The van der Waals surface area contributed by atoms with Crippen molar-refractivity contribution in [3.8, 4) is 0 Å². The van der Waals surface area contributed by atoms with Crippen LogP contribution in [0.5, 0.6) is 0 Å². The number of hydrogen-bond acceptors (Lipinski definition) is 4. The fourth-order valence-corrected chi connectivity index (χ4v) is 3.96. The Bertz CT molecular complexity index is 1410. The van der Waals surface area contributed by atoms with Crippen LogP contribution in [0, 0.1) is 0 Å². The van der Waals surface area contributed by atoms with Crippen LogP contribution < -0.4 is 20.9 Å². The van der Waals surface area contributed by atoms with E-state index in [1.165, 1.54) is 0 Å². The summed E-state index contributed by atoms with van der Waals surface area (Å²) in [7, 11) is 1.72. The molecule has 7 nitrogen and oxygen atoms in total. The first kappa shape index (κ1) is 26.2. The molecule has 3 N–H and O–H groups in total. The highest BCUT2D eigenvalue weighted by Gasteiger charge is 2.15. The summed E-state index contributed by atoms with van der Waals surface area (Å²) < 4.78 is 0. The quantitative estimate of drug-likeness (QED) is 0.279. The van der Waals surface area contributed by atoms with Crippen molar-refractivity contribution in [1.82, 2.24) is 5.32 Å². The van der Waals surface area contributed by atoms with Crippen molar-refractivity contribution < 1.29 is 14.4 Å². The SMILES string of the molecule is CC(NC(=O)c1cccc(NC(=O)CNc2cccc(C(=O)N(C)c3ccccc3)c2)c1)c1ccccc1. The predicted octanol–water partition coefficient (Wildman–Crippen LogP) is 5.50. The van der Waals surface area contributed by atoms with E-state index in [9.17, 15) is 14.4 Å². The van der Waals surface area contributed by atoms with Gasteiger partial charge in [0.05, 0.1) is 12.6 Å². The largest absolute Gasteiger partial charge is 0.376 e. The van der Waals surface area contributed by atoms with Gasteiger partial charge in [0.25, 0.3) is 11.8 Å². The van der Waals surface area contributed by atoms with E-state index in [1.54, 1.807) is 60.5 Å². The van der Waals surface area contributed by atoms with Gasteiger partial charge in [-0.25, -0.2) is 0 Å². The van der Waals surface area contributed by atoms with Crippen LogP contribution in [0.1, 0.15) is 39.2 Å². The smallest absolute Gasteiger partial charge is 0.258 e. The van der Waals surface area contributed by atoms with E-state index >= 15 is 0 Å². The second kappa shape index (κ2) is 12.4. The van der Waals surface area contributed by atoms with E-state index in [4.69, 9.17) is 0 Å². The Balaban J connectivity index is 1.32. The summed E-state index contributed by atoms with van der Waals surface area (Å²) in [5.41, 5.74) is 3.92. The standard InChI is InChI=1S/C31H30N4O3/c1-22(23-11-5-3-6-12-23)33-30(37)24-13-9-16-27(19-24)34-29(36)21-32-26-15-10-14-25(20-26)31(38)35(2)28-17-7-4-8-18-28/h3-20,22,32H,21H2,1-2H3,(H,33,37)(H,34,36). The van der Waals surface area contributed by atoms with Gasteiger partial charge in [-0.3, -0.25) is 14.4 Å². The number of carbonyl (C=O) groups excluding carboxylic acids is 3. The Morgan fingerprint density at radius 3 is 2.05 bits per heavy atom. The van der Waals surface area contributed by atoms with Gasteiger partial charge in [-0.2, -0.15) is 0 Å². The Morgan fingerprint density at radius 1 is 0.737 bits per heavy atom. The molecular formula is C31H30N4O3. The Hall–Kier alpha value is -4.91. The van der Waals surface area contributed by atoms with Gasteiger partial charge in [0, 0.05) is 35.2 Å². The first-order valence-electron chi connectivity index (χ1n) is 12.3. The van der Waals surface area contributed by atoms with Crippen molar-refractivity contribution in [3.63, 3.8) is 0 Å². The lowest BCUT2D eigenvalue weighted by Crippen LogP contribution is -2.27. The number of anilines is 3. The Labute approximate surface area is 222 Å². The lowest BCUT2D eigenvalue weighted by Gasteiger charge is -2.18. The number of carbonyl (C=O) groups is 3. The zero-order valence-electron chi connectivity index (χ0n) is 21.3. The van der Waals surface area contributed by atoms with Crippen molar-refractivity contribution >= 4 is 34.8 Å². The maximum absolute atomic E-state index is 12.9. The number of rotatable bonds is 9. The number of nitrogens with zero attached hydrogens (tertiary/aromatic N) is 1. The topological polar surface area (TPSA) is 90.5 Å². The van der Waals surface area contributed by atoms with Gasteiger partial charge in [-0.1, -0.05) is 60.7 Å². The number of para-hydroxylation sites is 1. The second-order valence-corrected chi connectivity index (χ2v) is 8.87. The number of nitrogens with one attached hydrogen (secondary N) is 3. The van der Waals surface area contributed by atoms with Crippen LogP contribution in [0.4, 0.5) is 17.1 Å². The number of benzene rings is 4. The molecule has 4 rings (SSSR count). The molecule has 4 aromatic rings. The van der Waals surface area contributed by atoms with Gasteiger partial charge < -0.3 is 20.9 Å². The maximum Gasteiger partial charge on any atom is 0.258 e. The van der Waals surface area contributed by atoms with Crippen LogP contribution >= 0.6 is 0 Å². The molecule has 0 aliphatic rings. The van der Waals surface area contributed by atoms with Crippen LogP contribution in [-0.2, 0) is 4.79 Å². The summed E-state index contributed by atoms with van der Waals surface area (Å²) in [4.78, 5) is 39.8. The van der Waals surface area contributed by atoms with E-state index in [2.05, 4.69) is 16.0 Å². The molecule has 38 heavy (non-hydrogen) atoms. The first-order valence-corrected chi connectivity index (χ1v) is 12.3. The van der Waals surface area contributed by atoms with Crippen molar-refractivity contribution in [2.75, 3.05) is 29.1 Å². The molecule has 0 saturated carbocycles. The van der Waals surface area contributed by atoms with Crippen molar-refractivity contribution in [2.45, 2.75) is 13.0 Å². The molecule has 0 aliphatic carbocycles. The van der Waals surface area contributed by atoms with Crippen LogP contribution in [-0.4, -0.2) is 31.3 Å². The Morgan fingerprint density at radius 2 is 1.34 bits per heavy atom. The van der Waals surface area contributed by atoms with E-state index in [1.807, 2.05) is 67.6 Å². The summed E-state index contributed by atoms with van der Waals surface area (Å²) >= 11 is 0. The molecule has 1 unspecified atom stereocenters.